The summed E-state index contributed by atoms with van der Waals surface area (Å²) in [6.07, 6.45) is -34.7. The highest BCUT2D eigenvalue weighted by Gasteiger charge is 2.52. The van der Waals surface area contributed by atoms with Crippen LogP contribution in [-0.2, 0) is 33.2 Å². The second-order valence-electron chi connectivity index (χ2n) is 11.2. The van der Waals surface area contributed by atoms with Crippen LogP contribution in [0.3, 0.4) is 0 Å². The molecule has 4 saturated heterocycles. The molecule has 0 saturated carbocycles. The van der Waals surface area contributed by atoms with Gasteiger partial charge in [-0.1, -0.05) is 0 Å². The van der Waals surface area contributed by atoms with Gasteiger partial charge < -0.3 is 105 Å². The van der Waals surface area contributed by atoms with Crippen molar-refractivity contribution in [1.82, 2.24) is 0 Å². The van der Waals surface area contributed by atoms with Crippen molar-refractivity contribution in [1.29, 1.82) is 0 Å². The van der Waals surface area contributed by atoms with Crippen molar-refractivity contribution in [2.45, 2.75) is 123 Å². The molecule has 0 radical (unpaired) electrons. The van der Waals surface area contributed by atoms with Gasteiger partial charge in [0.25, 0.3) is 0 Å². The topological polar surface area (TPSA) is 348 Å². The van der Waals surface area contributed by atoms with E-state index in [-0.39, 0.29) is 0 Å². The normalized spacial score (nSPS) is 52.9. The van der Waals surface area contributed by atoms with Gasteiger partial charge in [-0.3, -0.25) is 0 Å². The summed E-state index contributed by atoms with van der Waals surface area (Å²) in [5, 5.41) is 141. The average Bonchev–Trinajstić information content (AvgIpc) is 3.03. The van der Waals surface area contributed by atoms with E-state index in [9.17, 15) is 71.5 Å². The predicted octanol–water partition coefficient (Wildman–Crippen LogP) is -9.75. The molecule has 20 atom stereocenters. The SMILES string of the molecule is OC[C@H]1O[C@H](OC[C@H]2O[C@H](O[C@H]3O[C@H](CO[C@H]4O[C@H](CO)[C@@H](O)[C@H](O)[C@H]4O)[C@@H](O)[C@H](O)[C@H]3O)[C@H](O)[C@@H](O)[C@@H]2O)[C@H](O)[C@@H](O)[C@@H]1O. The maximum absolute atomic E-state index is 10.5. The zero-order valence-corrected chi connectivity index (χ0v) is 23.5. The molecule has 0 amide bonds. The average molecular weight is 667 g/mol. The summed E-state index contributed by atoms with van der Waals surface area (Å²) in [5.41, 5.74) is 0. The maximum Gasteiger partial charge on any atom is 0.189 e. The van der Waals surface area contributed by atoms with Crippen molar-refractivity contribution in [3.8, 4) is 0 Å². The second-order valence-corrected chi connectivity index (χ2v) is 11.2. The van der Waals surface area contributed by atoms with Crippen LogP contribution in [0.5, 0.6) is 0 Å². The van der Waals surface area contributed by atoms with Crippen molar-refractivity contribution in [3.05, 3.63) is 0 Å². The van der Waals surface area contributed by atoms with Gasteiger partial charge in [-0.25, -0.2) is 0 Å². The fourth-order valence-corrected chi connectivity index (χ4v) is 5.26. The van der Waals surface area contributed by atoms with E-state index in [2.05, 4.69) is 0 Å². The molecule has 4 fully saturated rings. The highest BCUT2D eigenvalue weighted by Crippen LogP contribution is 2.30. The summed E-state index contributed by atoms with van der Waals surface area (Å²) in [6.45, 7) is -2.85. The van der Waals surface area contributed by atoms with Crippen LogP contribution in [0.2, 0.25) is 0 Å². The third-order valence-corrected chi connectivity index (χ3v) is 8.15. The molecule has 0 unspecified atom stereocenters. The Morgan fingerprint density at radius 1 is 0.333 bits per heavy atom. The van der Waals surface area contributed by atoms with Gasteiger partial charge in [0, 0.05) is 0 Å². The molecule has 45 heavy (non-hydrogen) atoms. The monoisotopic (exact) mass is 666 g/mol. The van der Waals surface area contributed by atoms with Gasteiger partial charge in [0.15, 0.2) is 25.2 Å². The number of aliphatic hydroxyl groups excluding tert-OH is 14. The van der Waals surface area contributed by atoms with Gasteiger partial charge in [-0.15, -0.1) is 0 Å². The quantitative estimate of drug-likeness (QED) is 0.103. The maximum atomic E-state index is 10.5. The molecule has 21 heteroatoms. The molecule has 0 aromatic heterocycles. The fourth-order valence-electron chi connectivity index (χ4n) is 5.26. The summed E-state index contributed by atoms with van der Waals surface area (Å²) < 4.78 is 37.5. The summed E-state index contributed by atoms with van der Waals surface area (Å²) in [7, 11) is 0. The van der Waals surface area contributed by atoms with Crippen LogP contribution in [0.25, 0.3) is 0 Å². The molecular weight excluding hydrogens is 624 g/mol. The molecule has 21 nitrogen and oxygen atoms in total. The zero-order chi connectivity index (χ0) is 33.3. The lowest BCUT2D eigenvalue weighted by molar-refractivity contribution is -0.384. The lowest BCUT2D eigenvalue weighted by Crippen LogP contribution is -2.64. The van der Waals surface area contributed by atoms with Gasteiger partial charge in [0.2, 0.25) is 0 Å². The van der Waals surface area contributed by atoms with E-state index in [1.165, 1.54) is 0 Å². The van der Waals surface area contributed by atoms with Gasteiger partial charge >= 0.3 is 0 Å². The van der Waals surface area contributed by atoms with Crippen LogP contribution in [0.15, 0.2) is 0 Å². The van der Waals surface area contributed by atoms with E-state index in [1.54, 1.807) is 0 Å². The van der Waals surface area contributed by atoms with Crippen LogP contribution in [0, 0.1) is 0 Å². The molecule has 4 rings (SSSR count). The number of aliphatic hydroxyl groups is 14. The molecule has 0 bridgehead atoms. The van der Waals surface area contributed by atoms with E-state index < -0.39 is 149 Å². The Kier molecular flexibility index (Phi) is 12.8. The first-order valence-corrected chi connectivity index (χ1v) is 14.1. The van der Waals surface area contributed by atoms with Gasteiger partial charge in [0.05, 0.1) is 26.4 Å². The van der Waals surface area contributed by atoms with Crippen LogP contribution >= 0.6 is 0 Å². The van der Waals surface area contributed by atoms with Crippen molar-refractivity contribution in [3.63, 3.8) is 0 Å². The molecule has 4 heterocycles. The Morgan fingerprint density at radius 2 is 0.600 bits per heavy atom. The number of hydrogen-bond donors (Lipinski definition) is 14. The molecule has 0 aromatic rings. The van der Waals surface area contributed by atoms with Crippen molar-refractivity contribution >= 4 is 0 Å². The van der Waals surface area contributed by atoms with Gasteiger partial charge in [-0.05, 0) is 0 Å². The Labute approximate surface area is 254 Å². The summed E-state index contributed by atoms with van der Waals surface area (Å²) >= 11 is 0. The Bertz CT molecular complexity index is 844. The van der Waals surface area contributed by atoms with E-state index in [4.69, 9.17) is 33.2 Å². The summed E-state index contributed by atoms with van der Waals surface area (Å²) in [4.78, 5) is 0. The smallest absolute Gasteiger partial charge is 0.189 e. The standard InChI is InChI=1S/C24H42O21/c25-1-5-9(27)13(31)17(35)21(41-5)39-3-7-11(29)15(33)19(37)23(43-7)45-24-20(38)16(34)12(30)8(44-24)4-40-22-18(36)14(32)10(28)6(2-26)42-22/h5-38H,1-4H2/t5-,6-,7-,8-,9-,10-,11-,12-,13+,14+,15+,16+,17-,18-,19-,20-,21+,22+,23-,24-/m1/s1. The molecule has 4 aliphatic heterocycles. The molecule has 4 aliphatic rings. The van der Waals surface area contributed by atoms with Crippen molar-refractivity contribution in [2.24, 2.45) is 0 Å². The van der Waals surface area contributed by atoms with Crippen LogP contribution in [-0.4, -0.2) is 221 Å². The first-order chi connectivity index (χ1) is 21.2. The minimum absolute atomic E-state index is 0.682. The summed E-state index contributed by atoms with van der Waals surface area (Å²) in [6, 6.07) is 0. The third-order valence-electron chi connectivity index (χ3n) is 8.15. The predicted molar refractivity (Wildman–Crippen MR) is 134 cm³/mol. The second kappa shape index (κ2) is 15.6. The lowest BCUT2D eigenvalue weighted by Gasteiger charge is -2.46. The Hall–Kier alpha value is -0.840. The zero-order valence-electron chi connectivity index (χ0n) is 23.5. The summed E-state index contributed by atoms with van der Waals surface area (Å²) in [5.74, 6) is 0. The number of rotatable bonds is 10. The Morgan fingerprint density at radius 3 is 0.911 bits per heavy atom. The van der Waals surface area contributed by atoms with Crippen molar-refractivity contribution < 1.29 is 105 Å². The number of hydrogen-bond acceptors (Lipinski definition) is 21. The minimum Gasteiger partial charge on any atom is -0.394 e. The van der Waals surface area contributed by atoms with E-state index >= 15 is 0 Å². The van der Waals surface area contributed by atoms with Gasteiger partial charge in [0.1, 0.15) is 97.7 Å². The molecule has 0 spiro atoms. The fraction of sp³-hybridized carbons (Fsp3) is 1.00. The van der Waals surface area contributed by atoms with E-state index in [0.29, 0.717) is 0 Å². The van der Waals surface area contributed by atoms with Crippen LogP contribution in [0.4, 0.5) is 0 Å². The lowest BCUT2D eigenvalue weighted by atomic mass is 9.97. The van der Waals surface area contributed by atoms with E-state index in [0.717, 1.165) is 0 Å². The number of ether oxygens (including phenoxy) is 7. The van der Waals surface area contributed by atoms with Crippen LogP contribution < -0.4 is 0 Å². The highest BCUT2D eigenvalue weighted by atomic mass is 16.8. The third kappa shape index (κ3) is 7.75. The molecule has 14 N–H and O–H groups in total. The molecule has 0 aliphatic carbocycles. The first-order valence-electron chi connectivity index (χ1n) is 14.1. The molecule has 264 valence electrons. The Balaban J connectivity index is 1.38. The van der Waals surface area contributed by atoms with E-state index in [1.807, 2.05) is 0 Å². The van der Waals surface area contributed by atoms with Gasteiger partial charge in [-0.2, -0.15) is 0 Å². The first kappa shape index (κ1) is 37.0. The molecule has 0 aromatic carbocycles. The largest absolute Gasteiger partial charge is 0.394 e. The minimum atomic E-state index is -1.98. The van der Waals surface area contributed by atoms with Crippen LogP contribution in [0.1, 0.15) is 0 Å². The van der Waals surface area contributed by atoms with Crippen molar-refractivity contribution in [2.75, 3.05) is 26.4 Å². The molecular formula is C24H42O21. The highest BCUT2D eigenvalue weighted by molar-refractivity contribution is 4.94.